The lowest BCUT2D eigenvalue weighted by Gasteiger charge is -2.16. The first-order valence-corrected chi connectivity index (χ1v) is 12.3. The summed E-state index contributed by atoms with van der Waals surface area (Å²) in [5.74, 6) is 3.07. The molecule has 5 rings (SSSR count). The Kier molecular flexibility index (Phi) is 6.96. The number of nitrogens with zero attached hydrogens (tertiary/aromatic N) is 3. The Labute approximate surface area is 221 Å². The highest BCUT2D eigenvalue weighted by molar-refractivity contribution is 9.10. The highest BCUT2D eigenvalue weighted by Gasteiger charge is 2.16. The Hall–Kier alpha value is -4.11. The van der Waals surface area contributed by atoms with Gasteiger partial charge in [0.1, 0.15) is 12.4 Å². The van der Waals surface area contributed by atoms with E-state index in [-0.39, 0.29) is 12.4 Å². The van der Waals surface area contributed by atoms with Crippen LogP contribution in [-0.2, 0) is 13.0 Å². The molecule has 0 saturated heterocycles. The zero-order chi connectivity index (χ0) is 25.9. The number of benzene rings is 3. The molecule has 0 atom stereocenters. The molecule has 3 aromatic carbocycles. The molecule has 1 aromatic heterocycles. The summed E-state index contributed by atoms with van der Waals surface area (Å²) < 4.78 is 24.8. The van der Waals surface area contributed by atoms with Gasteiger partial charge in [0.25, 0.3) is 5.56 Å². The molecule has 1 aliphatic heterocycles. The molecule has 1 aliphatic rings. The molecule has 37 heavy (non-hydrogen) atoms. The maximum atomic E-state index is 13.1. The van der Waals surface area contributed by atoms with Gasteiger partial charge in [-0.3, -0.25) is 4.79 Å². The number of ether oxygens (including phenoxy) is 4. The van der Waals surface area contributed by atoms with Gasteiger partial charge in [-0.05, 0) is 66.9 Å². The number of rotatable bonds is 8. The van der Waals surface area contributed by atoms with Gasteiger partial charge in [0, 0.05) is 10.0 Å². The highest BCUT2D eigenvalue weighted by atomic mass is 79.9. The van der Waals surface area contributed by atoms with E-state index in [1.807, 2.05) is 36.4 Å². The molecule has 0 fully saturated rings. The molecule has 0 saturated carbocycles. The first kappa shape index (κ1) is 24.6. The van der Waals surface area contributed by atoms with Crippen molar-refractivity contribution < 1.29 is 18.9 Å². The molecule has 0 unspecified atom stereocenters. The zero-order valence-corrected chi connectivity index (χ0v) is 21.9. The van der Waals surface area contributed by atoms with Crippen LogP contribution in [0.2, 0.25) is 0 Å². The monoisotopic (exact) mass is 561 g/mol. The number of allylic oxidation sites excluding steroid dienone is 1. The van der Waals surface area contributed by atoms with Crippen molar-refractivity contribution in [2.75, 3.05) is 13.9 Å². The lowest BCUT2D eigenvalue weighted by Crippen LogP contribution is -2.20. The summed E-state index contributed by atoms with van der Waals surface area (Å²) in [6, 6.07) is 14.9. The fourth-order valence-electron chi connectivity index (χ4n) is 4.09. The number of halogens is 1. The average molecular weight is 562 g/mol. The van der Waals surface area contributed by atoms with E-state index in [1.54, 1.807) is 38.5 Å². The predicted molar refractivity (Wildman–Crippen MR) is 145 cm³/mol. The summed E-state index contributed by atoms with van der Waals surface area (Å²) in [4.78, 5) is 17.6. The molecule has 9 heteroatoms. The Morgan fingerprint density at radius 1 is 1.16 bits per heavy atom. The van der Waals surface area contributed by atoms with E-state index < -0.39 is 0 Å². The van der Waals surface area contributed by atoms with Crippen LogP contribution in [0.1, 0.15) is 22.5 Å². The summed E-state index contributed by atoms with van der Waals surface area (Å²) >= 11 is 3.41. The van der Waals surface area contributed by atoms with E-state index in [0.29, 0.717) is 47.0 Å². The molecule has 0 N–H and O–H groups in total. The Balaban J connectivity index is 1.46. The molecule has 8 nitrogen and oxygen atoms in total. The van der Waals surface area contributed by atoms with Gasteiger partial charge < -0.3 is 18.9 Å². The van der Waals surface area contributed by atoms with E-state index in [4.69, 9.17) is 18.9 Å². The summed E-state index contributed by atoms with van der Waals surface area (Å²) in [5, 5.41) is 4.92. The third kappa shape index (κ3) is 5.08. The molecular formula is C28H24BrN3O5. The minimum Gasteiger partial charge on any atom is -0.493 e. The Bertz CT molecular complexity index is 1600. The standard InChI is InChI=1S/C28H24BrN3O5/c1-4-5-20-10-19(14-30-32-17(2)31-23-8-7-21(29)13-22(23)28(32)33)12-26(34-3)27(20)35-15-18-6-9-24-25(11-18)37-16-36-24/h4,6-14H,1,5,15-16H2,2-3H3. The number of fused-ring (bicyclic) bond motifs is 2. The van der Waals surface area contributed by atoms with Crippen LogP contribution in [0.15, 0.2) is 75.6 Å². The quantitative estimate of drug-likeness (QED) is 0.212. The van der Waals surface area contributed by atoms with Gasteiger partial charge in [0.05, 0.1) is 24.2 Å². The maximum Gasteiger partial charge on any atom is 0.282 e. The van der Waals surface area contributed by atoms with Crippen LogP contribution in [0.25, 0.3) is 10.9 Å². The second kappa shape index (κ2) is 10.5. The molecule has 0 amide bonds. The second-order valence-electron chi connectivity index (χ2n) is 8.36. The minimum absolute atomic E-state index is 0.221. The summed E-state index contributed by atoms with van der Waals surface area (Å²) in [7, 11) is 1.58. The van der Waals surface area contributed by atoms with E-state index in [2.05, 4.69) is 32.6 Å². The van der Waals surface area contributed by atoms with Crippen LogP contribution in [0.4, 0.5) is 0 Å². The number of aromatic nitrogens is 2. The van der Waals surface area contributed by atoms with Gasteiger partial charge in [-0.15, -0.1) is 6.58 Å². The third-order valence-corrected chi connectivity index (χ3v) is 6.34. The molecule has 2 heterocycles. The fraction of sp³-hybridized carbons (Fsp3) is 0.179. The molecule has 0 bridgehead atoms. The van der Waals surface area contributed by atoms with E-state index in [0.717, 1.165) is 26.9 Å². The van der Waals surface area contributed by atoms with E-state index >= 15 is 0 Å². The molecule has 4 aromatic rings. The van der Waals surface area contributed by atoms with Crippen LogP contribution < -0.4 is 24.5 Å². The average Bonchev–Trinajstić information content (AvgIpc) is 3.36. The van der Waals surface area contributed by atoms with E-state index in [1.165, 1.54) is 4.68 Å². The van der Waals surface area contributed by atoms with Crippen molar-refractivity contribution in [2.24, 2.45) is 5.10 Å². The molecule has 0 aliphatic carbocycles. The van der Waals surface area contributed by atoms with Gasteiger partial charge >= 0.3 is 0 Å². The number of hydrogen-bond acceptors (Lipinski definition) is 7. The number of hydrogen-bond donors (Lipinski definition) is 0. The van der Waals surface area contributed by atoms with Crippen LogP contribution in [0, 0.1) is 6.92 Å². The smallest absolute Gasteiger partial charge is 0.282 e. The predicted octanol–water partition coefficient (Wildman–Crippen LogP) is 5.39. The van der Waals surface area contributed by atoms with E-state index in [9.17, 15) is 4.79 Å². The Morgan fingerprint density at radius 2 is 2.00 bits per heavy atom. The Morgan fingerprint density at radius 3 is 2.81 bits per heavy atom. The normalized spacial score (nSPS) is 12.3. The first-order chi connectivity index (χ1) is 18.0. The summed E-state index contributed by atoms with van der Waals surface area (Å²) in [6.45, 7) is 6.16. The van der Waals surface area contributed by atoms with Crippen LogP contribution >= 0.6 is 15.9 Å². The van der Waals surface area contributed by atoms with Crippen LogP contribution in [0.5, 0.6) is 23.0 Å². The van der Waals surface area contributed by atoms with Crippen LogP contribution in [0.3, 0.4) is 0 Å². The topological polar surface area (TPSA) is 84.2 Å². The van der Waals surface area contributed by atoms with Gasteiger partial charge in [-0.25, -0.2) is 4.98 Å². The molecule has 0 spiro atoms. The van der Waals surface area contributed by atoms with Crippen molar-refractivity contribution in [3.05, 3.63) is 98.5 Å². The minimum atomic E-state index is -0.248. The lowest BCUT2D eigenvalue weighted by molar-refractivity contribution is 0.174. The van der Waals surface area contributed by atoms with Crippen molar-refractivity contribution in [2.45, 2.75) is 20.0 Å². The molecule has 188 valence electrons. The van der Waals surface area contributed by atoms with Gasteiger partial charge in [-0.2, -0.15) is 9.78 Å². The fourth-order valence-corrected chi connectivity index (χ4v) is 4.45. The zero-order valence-electron chi connectivity index (χ0n) is 20.4. The van der Waals surface area contributed by atoms with Crippen molar-refractivity contribution in [3.63, 3.8) is 0 Å². The van der Waals surface area contributed by atoms with Gasteiger partial charge in [0.2, 0.25) is 6.79 Å². The molecule has 0 radical (unpaired) electrons. The number of methoxy groups -OCH3 is 1. The number of aryl methyl sites for hydroxylation is 1. The summed E-state index contributed by atoms with van der Waals surface area (Å²) in [6.07, 6.45) is 3.96. The highest BCUT2D eigenvalue weighted by Crippen LogP contribution is 2.36. The second-order valence-corrected chi connectivity index (χ2v) is 9.28. The van der Waals surface area contributed by atoms with Gasteiger partial charge in [-0.1, -0.05) is 28.1 Å². The largest absolute Gasteiger partial charge is 0.493 e. The van der Waals surface area contributed by atoms with Crippen molar-refractivity contribution in [1.29, 1.82) is 0 Å². The SMILES string of the molecule is C=CCc1cc(C=Nn2c(C)nc3ccc(Br)cc3c2=O)cc(OC)c1OCc1ccc2c(c1)OCO2. The lowest BCUT2D eigenvalue weighted by atomic mass is 10.1. The first-order valence-electron chi connectivity index (χ1n) is 11.5. The summed E-state index contributed by atoms with van der Waals surface area (Å²) in [5.41, 5.74) is 2.93. The van der Waals surface area contributed by atoms with Crippen molar-refractivity contribution >= 4 is 33.0 Å². The molecular weight excluding hydrogens is 538 g/mol. The third-order valence-electron chi connectivity index (χ3n) is 5.85. The maximum absolute atomic E-state index is 13.1. The van der Waals surface area contributed by atoms with Crippen molar-refractivity contribution in [1.82, 2.24) is 9.66 Å². The van der Waals surface area contributed by atoms with Crippen molar-refractivity contribution in [3.8, 4) is 23.0 Å². The van der Waals surface area contributed by atoms with Crippen LogP contribution in [-0.4, -0.2) is 29.8 Å². The van der Waals surface area contributed by atoms with Gasteiger partial charge in [0.15, 0.2) is 23.0 Å².